The van der Waals surface area contributed by atoms with Gasteiger partial charge in [-0.05, 0) is 63.9 Å². The molecular weight excluding hydrogens is 556 g/mol. The fourth-order valence-corrected chi connectivity index (χ4v) is 5.61. The molecule has 1 aliphatic heterocycles. The average Bonchev–Trinajstić information content (AvgIpc) is 3.58. The molecule has 40 heavy (non-hydrogen) atoms. The highest BCUT2D eigenvalue weighted by molar-refractivity contribution is 7.86. The Morgan fingerprint density at radius 2 is 1.88 bits per heavy atom. The lowest BCUT2D eigenvalue weighted by Crippen LogP contribution is -2.43. The summed E-state index contributed by atoms with van der Waals surface area (Å²) in [5.74, 6) is 1.22. The second kappa shape index (κ2) is 11.9. The van der Waals surface area contributed by atoms with Crippen molar-refractivity contribution < 1.29 is 17.3 Å². The molecule has 0 unspecified atom stereocenters. The van der Waals surface area contributed by atoms with Gasteiger partial charge in [0.1, 0.15) is 10.8 Å². The molecule has 2 fully saturated rings. The van der Waals surface area contributed by atoms with Gasteiger partial charge in [0.05, 0.1) is 36.0 Å². The van der Waals surface area contributed by atoms with Crippen LogP contribution >= 0.6 is 11.6 Å². The number of anilines is 4. The smallest absolute Gasteiger partial charge is 0.316 e. The van der Waals surface area contributed by atoms with Gasteiger partial charge in [0, 0.05) is 32.7 Å². The largest absolute Gasteiger partial charge is 0.488 e. The lowest BCUT2D eigenvalue weighted by Gasteiger charge is -2.32. The summed E-state index contributed by atoms with van der Waals surface area (Å²) in [5, 5.41) is 12.5. The average molecular weight is 591 g/mol. The molecule has 0 spiro atoms. The molecule has 3 N–H and O–H groups in total. The standard InChI is InChI=1S/C26H35ClN8O4S/c1-16(2)39-40(36,37)25-22(14-29-33-25)30-24-20(27)13-28-26(32-24)31-21-11-17(3)18(12-23(21)38-19-5-6-19)15-35-9-7-34(4)8-10-35/h11-14,16,19H,5-10,15H2,1-4H3,(H,29,33)(H2,28,30,31,32). The molecule has 12 nitrogen and oxygen atoms in total. The fraction of sp³-hybridized carbons (Fsp3) is 0.500. The number of aromatic nitrogens is 4. The van der Waals surface area contributed by atoms with E-state index in [1.54, 1.807) is 13.8 Å². The van der Waals surface area contributed by atoms with Crippen LogP contribution in [-0.2, 0) is 20.8 Å². The van der Waals surface area contributed by atoms with E-state index in [4.69, 9.17) is 20.5 Å². The highest BCUT2D eigenvalue weighted by atomic mass is 35.5. The zero-order chi connectivity index (χ0) is 28.4. The van der Waals surface area contributed by atoms with Gasteiger partial charge in [-0.3, -0.25) is 14.2 Å². The third-order valence-electron chi connectivity index (χ3n) is 6.66. The molecule has 0 atom stereocenters. The van der Waals surface area contributed by atoms with Crippen LogP contribution in [0, 0.1) is 6.92 Å². The first-order valence-corrected chi connectivity index (χ1v) is 15.1. The van der Waals surface area contributed by atoms with Crippen molar-refractivity contribution in [1.82, 2.24) is 30.0 Å². The molecule has 0 radical (unpaired) electrons. The Morgan fingerprint density at radius 3 is 2.58 bits per heavy atom. The van der Waals surface area contributed by atoms with Gasteiger partial charge >= 0.3 is 10.1 Å². The highest BCUT2D eigenvalue weighted by Gasteiger charge is 2.27. The molecule has 14 heteroatoms. The molecule has 1 saturated carbocycles. The number of hydrogen-bond acceptors (Lipinski definition) is 11. The lowest BCUT2D eigenvalue weighted by molar-refractivity contribution is 0.148. The number of H-pyrrole nitrogens is 1. The summed E-state index contributed by atoms with van der Waals surface area (Å²) in [6.07, 6.45) is 4.49. The van der Waals surface area contributed by atoms with Crippen molar-refractivity contribution in [2.75, 3.05) is 43.9 Å². The summed E-state index contributed by atoms with van der Waals surface area (Å²) in [6, 6.07) is 4.17. The first-order valence-electron chi connectivity index (χ1n) is 13.3. The number of ether oxygens (including phenoxy) is 1. The van der Waals surface area contributed by atoms with Crippen LogP contribution in [0.5, 0.6) is 5.75 Å². The summed E-state index contributed by atoms with van der Waals surface area (Å²) in [6.45, 7) is 10.4. The molecule has 3 heterocycles. The third-order valence-corrected chi connectivity index (χ3v) is 8.39. The summed E-state index contributed by atoms with van der Waals surface area (Å²) in [5.41, 5.74) is 3.25. The number of aryl methyl sites for hydroxylation is 1. The molecule has 0 bridgehead atoms. The number of likely N-dealkylation sites (N-methyl/N-ethyl adjacent to an activating group) is 1. The van der Waals surface area contributed by atoms with E-state index in [1.165, 1.54) is 18.0 Å². The van der Waals surface area contributed by atoms with Gasteiger partial charge in [0.15, 0.2) is 5.82 Å². The van der Waals surface area contributed by atoms with Crippen molar-refractivity contribution in [1.29, 1.82) is 0 Å². The van der Waals surface area contributed by atoms with E-state index >= 15 is 0 Å². The Balaban J connectivity index is 1.37. The summed E-state index contributed by atoms with van der Waals surface area (Å²) in [4.78, 5) is 13.6. The molecule has 1 aliphatic carbocycles. The molecule has 2 aliphatic rings. The van der Waals surface area contributed by atoms with Crippen molar-refractivity contribution in [3.8, 4) is 5.75 Å². The summed E-state index contributed by atoms with van der Waals surface area (Å²) < 4.78 is 36.6. The predicted octanol–water partition coefficient (Wildman–Crippen LogP) is 4.05. The van der Waals surface area contributed by atoms with E-state index < -0.39 is 16.2 Å². The van der Waals surface area contributed by atoms with Crippen molar-refractivity contribution in [2.24, 2.45) is 0 Å². The van der Waals surface area contributed by atoms with Crippen molar-refractivity contribution >= 4 is 44.9 Å². The molecule has 5 rings (SSSR count). The van der Waals surface area contributed by atoms with Crippen LogP contribution in [0.3, 0.4) is 0 Å². The van der Waals surface area contributed by atoms with E-state index in [2.05, 4.69) is 66.7 Å². The first-order chi connectivity index (χ1) is 19.1. The van der Waals surface area contributed by atoms with Gasteiger partial charge in [-0.1, -0.05) is 11.6 Å². The minimum Gasteiger partial charge on any atom is -0.488 e. The van der Waals surface area contributed by atoms with Crippen LogP contribution in [-0.4, -0.2) is 83.8 Å². The van der Waals surface area contributed by atoms with Gasteiger partial charge in [-0.2, -0.15) is 18.5 Å². The normalized spacial score (nSPS) is 16.9. The second-order valence-electron chi connectivity index (χ2n) is 10.5. The number of rotatable bonds is 11. The second-order valence-corrected chi connectivity index (χ2v) is 12.4. The van der Waals surface area contributed by atoms with E-state index in [0.29, 0.717) is 0 Å². The fourth-order valence-electron chi connectivity index (χ4n) is 4.33. The Labute approximate surface area is 239 Å². The Kier molecular flexibility index (Phi) is 8.47. The minimum atomic E-state index is -4.08. The first kappa shape index (κ1) is 28.6. The number of hydrogen-bond donors (Lipinski definition) is 3. The highest BCUT2D eigenvalue weighted by Crippen LogP contribution is 2.36. The molecule has 1 saturated heterocycles. The van der Waals surface area contributed by atoms with E-state index in [1.807, 2.05) is 0 Å². The van der Waals surface area contributed by atoms with E-state index in [-0.39, 0.29) is 33.6 Å². The van der Waals surface area contributed by atoms with Crippen LogP contribution in [0.2, 0.25) is 5.02 Å². The molecule has 1 aromatic carbocycles. The monoisotopic (exact) mass is 590 g/mol. The van der Waals surface area contributed by atoms with E-state index in [0.717, 1.165) is 62.6 Å². The molecule has 216 valence electrons. The van der Waals surface area contributed by atoms with Gasteiger partial charge in [0.2, 0.25) is 11.0 Å². The predicted molar refractivity (Wildman–Crippen MR) is 153 cm³/mol. The van der Waals surface area contributed by atoms with E-state index in [9.17, 15) is 8.42 Å². The van der Waals surface area contributed by atoms with Crippen LogP contribution in [0.1, 0.15) is 37.8 Å². The maximum Gasteiger partial charge on any atom is 0.316 e. The number of aromatic amines is 1. The van der Waals surface area contributed by atoms with Crippen LogP contribution in [0.4, 0.5) is 23.1 Å². The van der Waals surface area contributed by atoms with Gasteiger partial charge < -0.3 is 20.3 Å². The topological polar surface area (TPSA) is 138 Å². The van der Waals surface area contributed by atoms with Crippen molar-refractivity contribution in [2.45, 2.75) is 57.4 Å². The van der Waals surface area contributed by atoms with Crippen LogP contribution < -0.4 is 15.4 Å². The summed E-state index contributed by atoms with van der Waals surface area (Å²) in [7, 11) is -1.92. The Bertz CT molecular complexity index is 1450. The number of nitrogens with one attached hydrogen (secondary N) is 3. The molecule has 3 aromatic rings. The minimum absolute atomic E-state index is 0.147. The number of piperazine rings is 1. The number of nitrogens with zero attached hydrogens (tertiary/aromatic N) is 5. The Morgan fingerprint density at radius 1 is 1.12 bits per heavy atom. The molecule has 0 amide bonds. The third kappa shape index (κ3) is 7.02. The Hall–Kier alpha value is -2.97. The quantitative estimate of drug-likeness (QED) is 0.279. The van der Waals surface area contributed by atoms with Crippen LogP contribution in [0.15, 0.2) is 29.6 Å². The van der Waals surface area contributed by atoms with Crippen molar-refractivity contribution in [3.63, 3.8) is 0 Å². The molecule has 2 aromatic heterocycles. The zero-order valence-electron chi connectivity index (χ0n) is 23.1. The summed E-state index contributed by atoms with van der Waals surface area (Å²) >= 11 is 6.36. The number of halogens is 1. The SMILES string of the molecule is Cc1cc(Nc2ncc(Cl)c(Nc3cn[nH]c3S(=O)(=O)OC(C)C)n2)c(OC2CC2)cc1CN1CCN(C)CC1. The maximum atomic E-state index is 12.6. The lowest BCUT2D eigenvalue weighted by atomic mass is 10.1. The van der Waals surface area contributed by atoms with Crippen molar-refractivity contribution in [3.05, 3.63) is 40.7 Å². The van der Waals surface area contributed by atoms with Gasteiger partial charge in [0.25, 0.3) is 0 Å². The van der Waals surface area contributed by atoms with Crippen LogP contribution in [0.25, 0.3) is 0 Å². The zero-order valence-corrected chi connectivity index (χ0v) is 24.6. The van der Waals surface area contributed by atoms with Gasteiger partial charge in [-0.15, -0.1) is 0 Å². The number of benzene rings is 1. The van der Waals surface area contributed by atoms with Gasteiger partial charge in [-0.25, -0.2) is 4.98 Å². The molecular formula is C26H35ClN8O4S. The maximum absolute atomic E-state index is 12.6.